The molecule has 0 radical (unpaired) electrons. The Labute approximate surface area is 130 Å². The molecule has 0 spiro atoms. The minimum absolute atomic E-state index is 0.0221. The number of carbonyl (C=O) groups is 2. The normalized spacial score (nSPS) is 18.8. The first-order chi connectivity index (χ1) is 10.6. The fourth-order valence-electron chi connectivity index (χ4n) is 2.69. The number of carboxylic acids is 1. The van der Waals surface area contributed by atoms with Gasteiger partial charge in [0.1, 0.15) is 0 Å². The average Bonchev–Trinajstić information content (AvgIpc) is 3.03. The van der Waals surface area contributed by atoms with Gasteiger partial charge in [-0.1, -0.05) is 30.3 Å². The fourth-order valence-corrected chi connectivity index (χ4v) is 2.69. The molecule has 1 saturated heterocycles. The monoisotopic (exact) mass is 305 g/mol. The summed E-state index contributed by atoms with van der Waals surface area (Å²) in [6.45, 7) is 1.53. The number of benzene rings is 1. The predicted octanol–water partition coefficient (Wildman–Crippen LogP) is 2.53. The SMILES string of the molecule is O=C(O)CCC(NC(=O)CCC1CCOC1)c1ccccc1. The minimum atomic E-state index is -0.849. The highest BCUT2D eigenvalue weighted by molar-refractivity contribution is 5.76. The van der Waals surface area contributed by atoms with Crippen LogP contribution in [0.5, 0.6) is 0 Å². The Morgan fingerprint density at radius 2 is 2.05 bits per heavy atom. The number of carboxylic acid groups (broad SMARTS) is 1. The summed E-state index contributed by atoms with van der Waals surface area (Å²) < 4.78 is 5.31. The first-order valence-electron chi connectivity index (χ1n) is 7.79. The molecule has 5 nitrogen and oxygen atoms in total. The molecule has 22 heavy (non-hydrogen) atoms. The van der Waals surface area contributed by atoms with Crippen LogP contribution in [0, 0.1) is 5.92 Å². The van der Waals surface area contributed by atoms with Crippen molar-refractivity contribution in [1.82, 2.24) is 5.32 Å². The van der Waals surface area contributed by atoms with E-state index in [0.29, 0.717) is 18.8 Å². The number of rotatable bonds is 8. The van der Waals surface area contributed by atoms with E-state index < -0.39 is 5.97 Å². The van der Waals surface area contributed by atoms with Gasteiger partial charge in [-0.2, -0.15) is 0 Å². The first-order valence-corrected chi connectivity index (χ1v) is 7.79. The highest BCUT2D eigenvalue weighted by Gasteiger charge is 2.19. The molecule has 2 N–H and O–H groups in total. The largest absolute Gasteiger partial charge is 0.481 e. The summed E-state index contributed by atoms with van der Waals surface area (Å²) in [6.07, 6.45) is 2.75. The van der Waals surface area contributed by atoms with Crippen LogP contribution in [0.1, 0.15) is 43.7 Å². The Hall–Kier alpha value is -1.88. The molecule has 2 rings (SSSR count). The number of aliphatic carboxylic acids is 1. The van der Waals surface area contributed by atoms with Gasteiger partial charge in [0.15, 0.2) is 0 Å². The van der Waals surface area contributed by atoms with Crippen LogP contribution in [-0.2, 0) is 14.3 Å². The van der Waals surface area contributed by atoms with Crippen LogP contribution < -0.4 is 5.32 Å². The number of hydrogen-bond acceptors (Lipinski definition) is 3. The predicted molar refractivity (Wildman–Crippen MR) is 82.4 cm³/mol. The molecule has 0 saturated carbocycles. The van der Waals surface area contributed by atoms with Crippen LogP contribution in [0.2, 0.25) is 0 Å². The molecule has 1 aromatic carbocycles. The van der Waals surface area contributed by atoms with E-state index in [4.69, 9.17) is 9.84 Å². The van der Waals surface area contributed by atoms with Gasteiger partial charge in [0.2, 0.25) is 5.91 Å². The van der Waals surface area contributed by atoms with Crippen LogP contribution in [0.15, 0.2) is 30.3 Å². The zero-order valence-corrected chi connectivity index (χ0v) is 12.7. The number of ether oxygens (including phenoxy) is 1. The maximum Gasteiger partial charge on any atom is 0.303 e. The molecule has 1 amide bonds. The standard InChI is InChI=1S/C17H23NO4/c19-16(8-6-13-10-11-22-12-13)18-15(7-9-17(20)21)14-4-2-1-3-5-14/h1-5,13,15H,6-12H2,(H,18,19)(H,20,21). The summed E-state index contributed by atoms with van der Waals surface area (Å²) in [4.78, 5) is 22.9. The topological polar surface area (TPSA) is 75.6 Å². The summed E-state index contributed by atoms with van der Waals surface area (Å²) in [5, 5.41) is 11.8. The summed E-state index contributed by atoms with van der Waals surface area (Å²) >= 11 is 0. The van der Waals surface area contributed by atoms with Gasteiger partial charge < -0.3 is 15.2 Å². The molecule has 1 fully saturated rings. The lowest BCUT2D eigenvalue weighted by Crippen LogP contribution is -2.29. The van der Waals surface area contributed by atoms with E-state index in [9.17, 15) is 9.59 Å². The second-order valence-corrected chi connectivity index (χ2v) is 5.73. The number of amides is 1. The maximum absolute atomic E-state index is 12.1. The number of hydrogen-bond donors (Lipinski definition) is 2. The van der Waals surface area contributed by atoms with Crippen LogP contribution in [0.25, 0.3) is 0 Å². The molecule has 0 aliphatic carbocycles. The van der Waals surface area contributed by atoms with Crippen molar-refractivity contribution in [3.63, 3.8) is 0 Å². The summed E-state index contributed by atoms with van der Waals surface area (Å²) in [7, 11) is 0. The molecule has 0 aromatic heterocycles. The molecule has 1 aliphatic heterocycles. The zero-order chi connectivity index (χ0) is 15.8. The van der Waals surface area contributed by atoms with E-state index in [1.165, 1.54) is 0 Å². The first kappa shape index (κ1) is 16.5. The highest BCUT2D eigenvalue weighted by Crippen LogP contribution is 2.21. The second-order valence-electron chi connectivity index (χ2n) is 5.73. The van der Waals surface area contributed by atoms with Gasteiger partial charge in [-0.05, 0) is 30.7 Å². The van der Waals surface area contributed by atoms with E-state index in [-0.39, 0.29) is 18.4 Å². The van der Waals surface area contributed by atoms with Crippen molar-refractivity contribution in [1.29, 1.82) is 0 Å². The third kappa shape index (κ3) is 5.48. The number of carbonyl (C=O) groups excluding carboxylic acids is 1. The lowest BCUT2D eigenvalue weighted by molar-refractivity contribution is -0.137. The molecule has 5 heteroatoms. The van der Waals surface area contributed by atoms with E-state index in [1.54, 1.807) is 0 Å². The molecular weight excluding hydrogens is 282 g/mol. The summed E-state index contributed by atoms with van der Waals surface area (Å²) in [5.41, 5.74) is 0.946. The van der Waals surface area contributed by atoms with Crippen molar-refractivity contribution in [3.05, 3.63) is 35.9 Å². The number of nitrogens with one attached hydrogen (secondary N) is 1. The molecule has 1 heterocycles. The van der Waals surface area contributed by atoms with Crippen molar-refractivity contribution >= 4 is 11.9 Å². The van der Waals surface area contributed by atoms with Crippen molar-refractivity contribution in [2.45, 2.75) is 38.1 Å². The molecule has 1 aromatic rings. The summed E-state index contributed by atoms with van der Waals surface area (Å²) in [5.74, 6) is -0.399. The molecule has 2 atom stereocenters. The van der Waals surface area contributed by atoms with Crippen LogP contribution in [-0.4, -0.2) is 30.2 Å². The Morgan fingerprint density at radius 1 is 1.27 bits per heavy atom. The Morgan fingerprint density at radius 3 is 2.68 bits per heavy atom. The lowest BCUT2D eigenvalue weighted by Gasteiger charge is -2.19. The molecule has 120 valence electrons. The molecular formula is C17H23NO4. The smallest absolute Gasteiger partial charge is 0.303 e. The molecule has 1 aliphatic rings. The zero-order valence-electron chi connectivity index (χ0n) is 12.7. The van der Waals surface area contributed by atoms with Crippen LogP contribution in [0.3, 0.4) is 0 Å². The maximum atomic E-state index is 12.1. The Balaban J connectivity index is 1.87. The van der Waals surface area contributed by atoms with Gasteiger partial charge in [-0.3, -0.25) is 9.59 Å². The van der Waals surface area contributed by atoms with Gasteiger partial charge in [0.25, 0.3) is 0 Å². The quantitative estimate of drug-likeness (QED) is 0.774. The van der Waals surface area contributed by atoms with Crippen molar-refractivity contribution in [2.75, 3.05) is 13.2 Å². The fraction of sp³-hybridized carbons (Fsp3) is 0.529. The molecule has 0 bridgehead atoms. The van der Waals surface area contributed by atoms with Crippen LogP contribution >= 0.6 is 0 Å². The van der Waals surface area contributed by atoms with Crippen molar-refractivity contribution in [3.8, 4) is 0 Å². The van der Waals surface area contributed by atoms with Gasteiger partial charge in [0, 0.05) is 26.1 Å². The third-order valence-electron chi connectivity index (χ3n) is 3.99. The van der Waals surface area contributed by atoms with E-state index in [0.717, 1.165) is 31.6 Å². The molecule has 2 unspecified atom stereocenters. The third-order valence-corrected chi connectivity index (χ3v) is 3.99. The minimum Gasteiger partial charge on any atom is -0.481 e. The van der Waals surface area contributed by atoms with Gasteiger partial charge in [-0.25, -0.2) is 0 Å². The van der Waals surface area contributed by atoms with Gasteiger partial charge >= 0.3 is 5.97 Å². The van der Waals surface area contributed by atoms with Gasteiger partial charge in [0.05, 0.1) is 6.04 Å². The van der Waals surface area contributed by atoms with E-state index in [1.807, 2.05) is 30.3 Å². The highest BCUT2D eigenvalue weighted by atomic mass is 16.5. The van der Waals surface area contributed by atoms with Crippen molar-refractivity contribution < 1.29 is 19.4 Å². The van der Waals surface area contributed by atoms with E-state index >= 15 is 0 Å². The van der Waals surface area contributed by atoms with E-state index in [2.05, 4.69) is 5.32 Å². The summed E-state index contributed by atoms with van der Waals surface area (Å²) in [6, 6.07) is 9.27. The van der Waals surface area contributed by atoms with Crippen LogP contribution in [0.4, 0.5) is 0 Å². The van der Waals surface area contributed by atoms with Crippen molar-refractivity contribution in [2.24, 2.45) is 5.92 Å². The Bertz CT molecular complexity index is 483. The second kappa shape index (κ2) is 8.54. The van der Waals surface area contributed by atoms with Gasteiger partial charge in [-0.15, -0.1) is 0 Å². The average molecular weight is 305 g/mol. The Kier molecular flexibility index (Phi) is 6.40. The lowest BCUT2D eigenvalue weighted by atomic mass is 10.00.